The number of ether oxygens (including phenoxy) is 2. The van der Waals surface area contributed by atoms with E-state index in [1.165, 1.54) is 63.5 Å². The molecule has 1 saturated heterocycles. The Morgan fingerprint density at radius 1 is 1.05 bits per heavy atom. The molecule has 2 nitrogen and oxygen atoms in total. The third-order valence-electron chi connectivity index (χ3n) is 4.22. The Balaban J connectivity index is 1.82. The molecule has 21 heavy (non-hydrogen) atoms. The molecular formula is C18H35O2Si. The van der Waals surface area contributed by atoms with Crippen LogP contribution >= 0.6 is 0 Å². The molecule has 0 aromatic rings. The molecule has 0 aromatic carbocycles. The van der Waals surface area contributed by atoms with Crippen LogP contribution in [0.25, 0.3) is 0 Å². The second-order valence-electron chi connectivity index (χ2n) is 5.99. The van der Waals surface area contributed by atoms with Gasteiger partial charge in [-0.05, 0) is 38.5 Å². The maximum atomic E-state index is 5.75. The fourth-order valence-corrected chi connectivity index (χ4v) is 4.16. The third kappa shape index (κ3) is 10.3. The minimum absolute atomic E-state index is 0.0945. The van der Waals surface area contributed by atoms with Gasteiger partial charge in [0.25, 0.3) is 0 Å². The topological polar surface area (TPSA) is 18.5 Å². The van der Waals surface area contributed by atoms with Gasteiger partial charge in [0, 0.05) is 13.2 Å². The standard InChI is InChI=1S/C18H35O2Si/c1-3-21(4-2)17-13-9-7-5-6-8-11-15-19-18-14-10-12-16-20-18/h13,17-18H,3-12,14-16H2,1-2H3/b17-13+. The van der Waals surface area contributed by atoms with Crippen LogP contribution in [0.15, 0.2) is 11.8 Å². The van der Waals surface area contributed by atoms with Crippen LogP contribution in [0, 0.1) is 0 Å². The van der Waals surface area contributed by atoms with Crippen molar-refractivity contribution in [1.29, 1.82) is 0 Å². The minimum Gasteiger partial charge on any atom is -0.353 e. The maximum absolute atomic E-state index is 5.75. The average molecular weight is 312 g/mol. The number of allylic oxidation sites excluding steroid dienone is 1. The zero-order valence-electron chi connectivity index (χ0n) is 14.2. The van der Waals surface area contributed by atoms with Crippen LogP contribution in [0.1, 0.15) is 71.6 Å². The van der Waals surface area contributed by atoms with Gasteiger partial charge in [0.05, 0.1) is 8.80 Å². The lowest BCUT2D eigenvalue weighted by molar-refractivity contribution is -0.162. The van der Waals surface area contributed by atoms with E-state index in [9.17, 15) is 0 Å². The highest BCUT2D eigenvalue weighted by atomic mass is 28.3. The minimum atomic E-state index is -0.147. The van der Waals surface area contributed by atoms with E-state index in [2.05, 4.69) is 25.6 Å². The number of rotatable bonds is 12. The molecule has 3 heteroatoms. The first kappa shape index (κ1) is 18.9. The van der Waals surface area contributed by atoms with E-state index in [0.29, 0.717) is 0 Å². The number of hydrogen-bond donors (Lipinski definition) is 0. The second-order valence-corrected chi connectivity index (χ2v) is 9.06. The summed E-state index contributed by atoms with van der Waals surface area (Å²) in [5.41, 5.74) is 2.52. The van der Waals surface area contributed by atoms with Crippen molar-refractivity contribution in [3.8, 4) is 0 Å². The zero-order valence-corrected chi connectivity index (χ0v) is 15.2. The van der Waals surface area contributed by atoms with Gasteiger partial charge < -0.3 is 9.47 Å². The van der Waals surface area contributed by atoms with Crippen LogP contribution in [-0.4, -0.2) is 28.3 Å². The zero-order chi connectivity index (χ0) is 15.2. The van der Waals surface area contributed by atoms with E-state index in [0.717, 1.165) is 19.6 Å². The van der Waals surface area contributed by atoms with Crippen molar-refractivity contribution in [2.75, 3.05) is 13.2 Å². The van der Waals surface area contributed by atoms with Gasteiger partial charge in [0.1, 0.15) is 0 Å². The Morgan fingerprint density at radius 3 is 2.52 bits per heavy atom. The highest BCUT2D eigenvalue weighted by Crippen LogP contribution is 2.14. The van der Waals surface area contributed by atoms with Crippen LogP contribution in [-0.2, 0) is 9.47 Å². The molecule has 0 saturated carbocycles. The van der Waals surface area contributed by atoms with Gasteiger partial charge in [-0.15, -0.1) is 5.70 Å². The van der Waals surface area contributed by atoms with Crippen molar-refractivity contribution < 1.29 is 9.47 Å². The van der Waals surface area contributed by atoms with Crippen molar-refractivity contribution in [3.05, 3.63) is 11.8 Å². The van der Waals surface area contributed by atoms with Crippen LogP contribution in [0.2, 0.25) is 12.1 Å². The first-order chi connectivity index (χ1) is 10.4. The van der Waals surface area contributed by atoms with E-state index in [-0.39, 0.29) is 15.1 Å². The van der Waals surface area contributed by atoms with Crippen molar-refractivity contribution in [1.82, 2.24) is 0 Å². The first-order valence-corrected chi connectivity index (χ1v) is 11.1. The molecule has 1 heterocycles. The molecule has 0 aliphatic carbocycles. The molecule has 1 aliphatic rings. The summed E-state index contributed by atoms with van der Waals surface area (Å²) in [5, 5.41) is 0. The van der Waals surface area contributed by atoms with E-state index < -0.39 is 0 Å². The van der Waals surface area contributed by atoms with Crippen molar-refractivity contribution >= 4 is 8.80 Å². The number of hydrogen-bond acceptors (Lipinski definition) is 2. The predicted molar refractivity (Wildman–Crippen MR) is 93.1 cm³/mol. The molecular weight excluding hydrogens is 276 g/mol. The van der Waals surface area contributed by atoms with E-state index in [1.807, 2.05) is 0 Å². The van der Waals surface area contributed by atoms with Crippen LogP contribution in [0.3, 0.4) is 0 Å². The molecule has 1 radical (unpaired) electrons. The quantitative estimate of drug-likeness (QED) is 0.350. The normalized spacial score (nSPS) is 19.7. The molecule has 1 unspecified atom stereocenters. The number of unbranched alkanes of at least 4 members (excludes halogenated alkanes) is 5. The second kappa shape index (κ2) is 13.5. The molecule has 0 N–H and O–H groups in total. The maximum Gasteiger partial charge on any atom is 0.157 e. The summed E-state index contributed by atoms with van der Waals surface area (Å²) in [5.74, 6) is 0. The molecule has 0 amide bonds. The molecule has 123 valence electrons. The van der Waals surface area contributed by atoms with Gasteiger partial charge in [-0.1, -0.05) is 51.3 Å². The Hall–Kier alpha value is -0.123. The molecule has 1 fully saturated rings. The summed E-state index contributed by atoms with van der Waals surface area (Å²) in [6.07, 6.45) is 13.9. The van der Waals surface area contributed by atoms with Crippen molar-refractivity contribution in [2.45, 2.75) is 90.0 Å². The van der Waals surface area contributed by atoms with E-state index in [4.69, 9.17) is 9.47 Å². The van der Waals surface area contributed by atoms with E-state index >= 15 is 0 Å². The molecule has 0 bridgehead atoms. The summed E-state index contributed by atoms with van der Waals surface area (Å²) in [7, 11) is -0.147. The Morgan fingerprint density at radius 2 is 1.81 bits per heavy atom. The summed E-state index contributed by atoms with van der Waals surface area (Å²) in [6.45, 7) is 6.41. The molecule has 1 rings (SSSR count). The highest BCUT2D eigenvalue weighted by molar-refractivity contribution is 6.64. The first-order valence-electron chi connectivity index (χ1n) is 9.11. The summed E-state index contributed by atoms with van der Waals surface area (Å²) in [4.78, 5) is 0. The van der Waals surface area contributed by atoms with Gasteiger partial charge in [0.2, 0.25) is 0 Å². The van der Waals surface area contributed by atoms with Crippen LogP contribution in [0.4, 0.5) is 0 Å². The van der Waals surface area contributed by atoms with Gasteiger partial charge in [0.15, 0.2) is 6.29 Å². The van der Waals surface area contributed by atoms with Gasteiger partial charge in [-0.3, -0.25) is 0 Å². The van der Waals surface area contributed by atoms with Gasteiger partial charge in [-0.25, -0.2) is 0 Å². The molecule has 0 spiro atoms. The highest BCUT2D eigenvalue weighted by Gasteiger charge is 2.13. The largest absolute Gasteiger partial charge is 0.353 e. The lowest BCUT2D eigenvalue weighted by atomic mass is 10.1. The summed E-state index contributed by atoms with van der Waals surface area (Å²) >= 11 is 0. The average Bonchev–Trinajstić information content (AvgIpc) is 2.54. The Kier molecular flexibility index (Phi) is 12.2. The van der Waals surface area contributed by atoms with E-state index in [1.54, 1.807) is 0 Å². The van der Waals surface area contributed by atoms with Gasteiger partial charge >= 0.3 is 0 Å². The predicted octanol–water partition coefficient (Wildman–Crippen LogP) is 5.50. The Bertz CT molecular complexity index is 246. The fourth-order valence-electron chi connectivity index (χ4n) is 2.69. The monoisotopic (exact) mass is 311 g/mol. The molecule has 0 aromatic heterocycles. The summed E-state index contributed by atoms with van der Waals surface area (Å²) in [6, 6.07) is 2.75. The third-order valence-corrected chi connectivity index (χ3v) is 6.74. The summed E-state index contributed by atoms with van der Waals surface area (Å²) < 4.78 is 11.3. The molecule has 1 aliphatic heterocycles. The smallest absolute Gasteiger partial charge is 0.157 e. The van der Waals surface area contributed by atoms with Crippen molar-refractivity contribution in [2.24, 2.45) is 0 Å². The van der Waals surface area contributed by atoms with Crippen LogP contribution < -0.4 is 0 Å². The Labute approximate surface area is 133 Å². The van der Waals surface area contributed by atoms with Crippen LogP contribution in [0.5, 0.6) is 0 Å². The SMILES string of the molecule is CC[Si](/C=C/CCCCCCCOC1CCCCO1)CC. The molecule has 1 atom stereocenters. The lowest BCUT2D eigenvalue weighted by Crippen LogP contribution is -2.22. The van der Waals surface area contributed by atoms with Crippen molar-refractivity contribution in [3.63, 3.8) is 0 Å². The lowest BCUT2D eigenvalue weighted by Gasteiger charge is -2.22. The van der Waals surface area contributed by atoms with Gasteiger partial charge in [-0.2, -0.15) is 0 Å². The fraction of sp³-hybridized carbons (Fsp3) is 0.889.